The molecule has 0 aliphatic carbocycles. The second-order valence-corrected chi connectivity index (χ2v) is 5.25. The summed E-state index contributed by atoms with van der Waals surface area (Å²) >= 11 is 0. The van der Waals surface area contributed by atoms with Crippen LogP contribution in [0.4, 0.5) is 0 Å². The van der Waals surface area contributed by atoms with E-state index in [1.165, 1.54) is 12.1 Å². The molecule has 2 aromatic rings. The van der Waals surface area contributed by atoms with Crippen molar-refractivity contribution in [1.29, 1.82) is 0 Å². The number of hydrogen-bond acceptors (Lipinski definition) is 5. The molecular weight excluding hydrogens is 412 g/mol. The monoisotopic (exact) mass is 439 g/mol. The predicted molar refractivity (Wildman–Crippen MR) is 104 cm³/mol. The van der Waals surface area contributed by atoms with Gasteiger partial charge >= 0.3 is 17.1 Å². The minimum atomic E-state index is -1.13. The van der Waals surface area contributed by atoms with Crippen LogP contribution in [0.15, 0.2) is 59.6 Å². The van der Waals surface area contributed by atoms with Gasteiger partial charge in [-0.1, -0.05) is 68.4 Å². The first-order valence-electron chi connectivity index (χ1n) is 8.33. The number of aliphatic imine (C=N–C) groups is 1. The average molecular weight is 440 g/mol. The molecule has 0 heterocycles. The summed E-state index contributed by atoms with van der Waals surface area (Å²) in [6.45, 7) is 8.06. The largest absolute Gasteiger partial charge is 2.00 e. The van der Waals surface area contributed by atoms with E-state index < -0.39 is 5.97 Å². The maximum atomic E-state index is 11.4. The maximum absolute atomic E-state index is 11.4. The smallest absolute Gasteiger partial charge is 0.872 e. The topological polar surface area (TPSA) is 142 Å². The number of carboxylic acids is 1. The summed E-state index contributed by atoms with van der Waals surface area (Å²) < 4.78 is 0. The molecule has 0 unspecified atom stereocenters. The SMILES string of the molecule is CCN(CC)CCN=Cc1ccccc1[O-].O.O.O=C([O-])c1ccccc1.[Cu+2]. The molecule has 2 rings (SSSR count). The molecule has 0 amide bonds. The summed E-state index contributed by atoms with van der Waals surface area (Å²) in [7, 11) is 0. The van der Waals surface area contributed by atoms with E-state index in [2.05, 4.69) is 23.7 Å². The van der Waals surface area contributed by atoms with Crippen molar-refractivity contribution in [2.45, 2.75) is 13.8 Å². The van der Waals surface area contributed by atoms with Crippen LogP contribution in [0, 0.1) is 0 Å². The van der Waals surface area contributed by atoms with E-state index >= 15 is 0 Å². The minimum Gasteiger partial charge on any atom is -0.872 e. The van der Waals surface area contributed by atoms with Crippen LogP contribution in [0.1, 0.15) is 29.8 Å². The Morgan fingerprint density at radius 1 is 1.00 bits per heavy atom. The first kappa shape index (κ1) is 30.5. The molecule has 0 aliphatic rings. The molecular formula is C20H28CuN2O5. The molecule has 0 fully saturated rings. The molecule has 1 radical (unpaired) electrons. The van der Waals surface area contributed by atoms with Crippen LogP contribution in [-0.4, -0.2) is 54.2 Å². The molecule has 28 heavy (non-hydrogen) atoms. The van der Waals surface area contributed by atoms with E-state index in [-0.39, 0.29) is 39.3 Å². The van der Waals surface area contributed by atoms with Gasteiger partial charge < -0.3 is 30.9 Å². The van der Waals surface area contributed by atoms with Crippen molar-refractivity contribution in [3.05, 3.63) is 65.7 Å². The van der Waals surface area contributed by atoms with E-state index in [4.69, 9.17) is 0 Å². The summed E-state index contributed by atoms with van der Waals surface area (Å²) in [5.41, 5.74) is 0.888. The molecule has 0 spiro atoms. The van der Waals surface area contributed by atoms with E-state index in [1.54, 1.807) is 42.6 Å². The van der Waals surface area contributed by atoms with E-state index in [1.807, 2.05) is 6.07 Å². The summed E-state index contributed by atoms with van der Waals surface area (Å²) in [6.07, 6.45) is 1.67. The Bertz CT molecular complexity index is 665. The van der Waals surface area contributed by atoms with Crippen LogP contribution >= 0.6 is 0 Å². The number of benzene rings is 2. The van der Waals surface area contributed by atoms with E-state index in [0.29, 0.717) is 5.56 Å². The Kier molecular flexibility index (Phi) is 19.8. The van der Waals surface area contributed by atoms with Gasteiger partial charge in [0.15, 0.2) is 0 Å². The summed E-state index contributed by atoms with van der Waals surface area (Å²) in [6, 6.07) is 15.0. The number of hydrogen-bond donors (Lipinski definition) is 0. The van der Waals surface area contributed by atoms with Crippen molar-refractivity contribution >= 4 is 12.2 Å². The van der Waals surface area contributed by atoms with E-state index in [9.17, 15) is 15.0 Å². The molecule has 0 atom stereocenters. The van der Waals surface area contributed by atoms with Crippen molar-refractivity contribution in [1.82, 2.24) is 4.90 Å². The van der Waals surface area contributed by atoms with Gasteiger partial charge in [-0.2, -0.15) is 0 Å². The number of likely N-dealkylation sites (N-methyl/N-ethyl adjacent to an activating group) is 1. The predicted octanol–water partition coefficient (Wildman–Crippen LogP) is -0.0809. The third kappa shape index (κ3) is 12.2. The Morgan fingerprint density at radius 3 is 2.00 bits per heavy atom. The number of aromatic carboxylic acids is 1. The quantitative estimate of drug-likeness (QED) is 0.439. The van der Waals surface area contributed by atoms with Crippen molar-refractivity contribution < 1.29 is 43.0 Å². The van der Waals surface area contributed by atoms with Gasteiger partial charge in [0.1, 0.15) is 0 Å². The maximum Gasteiger partial charge on any atom is 2.00 e. The molecule has 0 bridgehead atoms. The van der Waals surface area contributed by atoms with Crippen LogP contribution in [-0.2, 0) is 17.1 Å². The fourth-order valence-corrected chi connectivity index (χ4v) is 2.06. The third-order valence-electron chi connectivity index (χ3n) is 3.60. The number of carbonyl (C=O) groups is 1. The van der Waals surface area contributed by atoms with Gasteiger partial charge in [-0.05, 0) is 24.2 Å². The molecule has 0 saturated carbocycles. The first-order valence-corrected chi connectivity index (χ1v) is 8.33. The zero-order chi connectivity index (χ0) is 18.5. The van der Waals surface area contributed by atoms with Crippen LogP contribution in [0.5, 0.6) is 5.75 Å². The minimum absolute atomic E-state index is 0. The fourth-order valence-electron chi connectivity index (χ4n) is 2.06. The van der Waals surface area contributed by atoms with Gasteiger partial charge in [0.25, 0.3) is 0 Å². The van der Waals surface area contributed by atoms with E-state index in [0.717, 1.165) is 26.2 Å². The molecule has 2 aromatic carbocycles. The Labute approximate surface area is 176 Å². The molecule has 0 aliphatic heterocycles. The number of carbonyl (C=O) groups excluding carboxylic acids is 1. The zero-order valence-electron chi connectivity index (χ0n) is 16.0. The average Bonchev–Trinajstić information content (AvgIpc) is 2.64. The molecule has 7 nitrogen and oxygen atoms in total. The van der Waals surface area contributed by atoms with Gasteiger partial charge in [0, 0.05) is 12.8 Å². The standard InChI is InChI=1S/C13H20N2O.C7H6O2.Cu.2H2O/c1-3-15(4-2)10-9-14-11-12-7-5-6-8-13(12)16;8-7(9)6-4-2-1-3-5-6;;;/h5-8,11,16H,3-4,9-10H2,1-2H3;1-5H,(H,8,9);;2*1H2/q;;+2;;/p-2. The van der Waals surface area contributed by atoms with Crippen LogP contribution in [0.3, 0.4) is 0 Å². The summed E-state index contributed by atoms with van der Waals surface area (Å²) in [5, 5.41) is 21.4. The Balaban J connectivity index is -0.000000452. The van der Waals surface area contributed by atoms with Crippen molar-refractivity contribution in [2.75, 3.05) is 26.2 Å². The van der Waals surface area contributed by atoms with Crippen LogP contribution in [0.25, 0.3) is 0 Å². The molecule has 4 N–H and O–H groups in total. The first-order chi connectivity index (χ1) is 12.1. The molecule has 0 aromatic heterocycles. The number of rotatable bonds is 7. The van der Waals surface area contributed by atoms with Gasteiger partial charge in [0.05, 0.1) is 12.5 Å². The van der Waals surface area contributed by atoms with Crippen molar-refractivity contribution in [2.24, 2.45) is 4.99 Å². The normalized spacial score (nSPS) is 9.39. The van der Waals surface area contributed by atoms with Gasteiger partial charge in [0.2, 0.25) is 0 Å². The van der Waals surface area contributed by atoms with Crippen LogP contribution < -0.4 is 10.2 Å². The molecule has 0 saturated heterocycles. The Morgan fingerprint density at radius 2 is 1.54 bits per heavy atom. The second-order valence-electron chi connectivity index (χ2n) is 5.25. The van der Waals surface area contributed by atoms with Gasteiger partial charge in [-0.25, -0.2) is 0 Å². The number of nitrogens with zero attached hydrogens (tertiary/aromatic N) is 2. The van der Waals surface area contributed by atoms with Gasteiger partial charge in [-0.3, -0.25) is 4.99 Å². The molecule has 8 heteroatoms. The number of para-hydroxylation sites is 1. The third-order valence-corrected chi connectivity index (χ3v) is 3.60. The van der Waals surface area contributed by atoms with Crippen molar-refractivity contribution in [3.63, 3.8) is 0 Å². The van der Waals surface area contributed by atoms with Gasteiger partial charge in [-0.15, -0.1) is 5.75 Å². The number of carboxylic acid groups (broad SMARTS) is 1. The van der Waals surface area contributed by atoms with Crippen LogP contribution in [0.2, 0.25) is 0 Å². The van der Waals surface area contributed by atoms with Crippen molar-refractivity contribution in [3.8, 4) is 5.75 Å². The summed E-state index contributed by atoms with van der Waals surface area (Å²) in [5.74, 6) is -1.09. The Hall–Kier alpha value is -2.22. The fraction of sp³-hybridized carbons (Fsp3) is 0.300. The zero-order valence-corrected chi connectivity index (χ0v) is 17.0. The molecule has 159 valence electrons. The summed E-state index contributed by atoms with van der Waals surface area (Å²) in [4.78, 5) is 16.7. The second kappa shape index (κ2) is 18.2.